The van der Waals surface area contributed by atoms with E-state index < -0.39 is 12.2 Å². The molecule has 0 unspecified atom stereocenters. The Morgan fingerprint density at radius 1 is 1.19 bits per heavy atom. The molecule has 1 aromatic heterocycles. The zero-order valence-electron chi connectivity index (χ0n) is 11.9. The molecule has 21 heavy (non-hydrogen) atoms. The molecule has 2 N–H and O–H groups in total. The van der Waals surface area contributed by atoms with Crippen molar-refractivity contribution in [3.8, 4) is 0 Å². The topological polar surface area (TPSA) is 83.7 Å². The van der Waals surface area contributed by atoms with Gasteiger partial charge in [0.25, 0.3) is 0 Å². The predicted molar refractivity (Wildman–Crippen MR) is 78.0 cm³/mol. The van der Waals surface area contributed by atoms with Crippen LogP contribution in [0.25, 0.3) is 10.9 Å². The van der Waals surface area contributed by atoms with Crippen LogP contribution < -0.4 is 10.4 Å². The number of amides is 2. The van der Waals surface area contributed by atoms with Crippen LogP contribution in [0.3, 0.4) is 0 Å². The number of hydrazine groups is 1. The van der Waals surface area contributed by atoms with E-state index in [1.54, 1.807) is 19.9 Å². The minimum absolute atomic E-state index is 0.195. The number of aromatic nitrogens is 1. The van der Waals surface area contributed by atoms with Crippen LogP contribution in [0, 0.1) is 0 Å². The third-order valence-corrected chi connectivity index (χ3v) is 2.69. The molecule has 0 spiro atoms. The van der Waals surface area contributed by atoms with Crippen molar-refractivity contribution in [2.45, 2.75) is 13.8 Å². The Kier molecular flexibility index (Phi) is 4.65. The molecule has 0 aliphatic rings. The maximum absolute atomic E-state index is 12.0. The van der Waals surface area contributed by atoms with Gasteiger partial charge >= 0.3 is 12.2 Å². The van der Waals surface area contributed by atoms with E-state index in [1.165, 1.54) is 0 Å². The van der Waals surface area contributed by atoms with Crippen molar-refractivity contribution in [2.75, 3.05) is 18.2 Å². The molecular formula is C14H17N3O4. The Balaban J connectivity index is 2.28. The first-order chi connectivity index (χ1) is 10.2. The molecule has 1 aromatic carbocycles. The second-order valence-electron chi connectivity index (χ2n) is 4.11. The lowest BCUT2D eigenvalue weighted by Crippen LogP contribution is -2.47. The quantitative estimate of drug-likeness (QED) is 0.852. The maximum Gasteiger partial charge on any atom is 0.434 e. The van der Waals surface area contributed by atoms with Crippen molar-refractivity contribution in [1.29, 1.82) is 0 Å². The smallest absolute Gasteiger partial charge is 0.434 e. The van der Waals surface area contributed by atoms with Gasteiger partial charge in [0.2, 0.25) is 0 Å². The molecule has 7 heteroatoms. The number of nitrogens with zero attached hydrogens (tertiary/aromatic N) is 1. The van der Waals surface area contributed by atoms with Crippen molar-refractivity contribution in [3.63, 3.8) is 0 Å². The van der Waals surface area contributed by atoms with Gasteiger partial charge in [0.05, 0.1) is 13.2 Å². The van der Waals surface area contributed by atoms with Crippen molar-refractivity contribution in [1.82, 2.24) is 10.4 Å². The Morgan fingerprint density at radius 2 is 1.90 bits per heavy atom. The third kappa shape index (κ3) is 3.44. The standard InChI is InChI=1S/C14H17N3O4/c1-3-20-13(18)16-17(14(19)21-4-2)12-9-10-7-5-6-8-11(10)15-12/h5-9,15H,3-4H2,1-2H3,(H,16,18). The third-order valence-electron chi connectivity index (χ3n) is 2.69. The summed E-state index contributed by atoms with van der Waals surface area (Å²) in [5, 5.41) is 1.90. The summed E-state index contributed by atoms with van der Waals surface area (Å²) >= 11 is 0. The maximum atomic E-state index is 12.0. The summed E-state index contributed by atoms with van der Waals surface area (Å²) in [7, 11) is 0. The van der Waals surface area contributed by atoms with E-state index in [0.29, 0.717) is 5.82 Å². The fraction of sp³-hybridized carbons (Fsp3) is 0.286. The van der Waals surface area contributed by atoms with Gasteiger partial charge in [-0.15, -0.1) is 0 Å². The van der Waals surface area contributed by atoms with Gasteiger partial charge in [-0.05, 0) is 26.0 Å². The Morgan fingerprint density at radius 3 is 2.57 bits per heavy atom. The average molecular weight is 291 g/mol. The van der Waals surface area contributed by atoms with E-state index in [1.807, 2.05) is 24.3 Å². The number of hydrogen-bond acceptors (Lipinski definition) is 4. The Bertz CT molecular complexity index is 605. The van der Waals surface area contributed by atoms with Gasteiger partial charge in [-0.3, -0.25) is 0 Å². The highest BCUT2D eigenvalue weighted by Gasteiger charge is 2.22. The summed E-state index contributed by atoms with van der Waals surface area (Å²) in [5.74, 6) is 0.391. The van der Waals surface area contributed by atoms with Gasteiger partial charge in [0, 0.05) is 10.9 Å². The summed E-state index contributed by atoms with van der Waals surface area (Å²) in [5.41, 5.74) is 3.19. The first-order valence-corrected chi connectivity index (χ1v) is 6.63. The van der Waals surface area contributed by atoms with Crippen molar-refractivity contribution in [3.05, 3.63) is 30.3 Å². The minimum Gasteiger partial charge on any atom is -0.449 e. The molecule has 0 saturated carbocycles. The molecule has 112 valence electrons. The van der Waals surface area contributed by atoms with Crippen molar-refractivity contribution in [2.24, 2.45) is 0 Å². The number of H-pyrrole nitrogens is 1. The van der Waals surface area contributed by atoms with E-state index in [9.17, 15) is 9.59 Å². The van der Waals surface area contributed by atoms with Gasteiger partial charge in [-0.1, -0.05) is 18.2 Å². The normalized spacial score (nSPS) is 10.2. The zero-order chi connectivity index (χ0) is 15.2. The molecule has 0 aliphatic carbocycles. The van der Waals surface area contributed by atoms with Gasteiger partial charge in [0.15, 0.2) is 0 Å². The van der Waals surface area contributed by atoms with E-state index in [-0.39, 0.29) is 13.2 Å². The fourth-order valence-electron chi connectivity index (χ4n) is 1.83. The molecule has 0 fully saturated rings. The van der Waals surface area contributed by atoms with Gasteiger partial charge in [-0.25, -0.2) is 15.0 Å². The Labute approximate surface area is 121 Å². The second-order valence-corrected chi connectivity index (χ2v) is 4.11. The summed E-state index contributed by atoms with van der Waals surface area (Å²) in [6, 6.07) is 9.25. The number of anilines is 1. The van der Waals surface area contributed by atoms with Gasteiger partial charge in [0.1, 0.15) is 5.82 Å². The van der Waals surface area contributed by atoms with Crippen LogP contribution in [0.1, 0.15) is 13.8 Å². The first-order valence-electron chi connectivity index (χ1n) is 6.63. The lowest BCUT2D eigenvalue weighted by Gasteiger charge is -2.20. The van der Waals surface area contributed by atoms with Crippen LogP contribution in [0.2, 0.25) is 0 Å². The molecule has 0 radical (unpaired) electrons. The van der Waals surface area contributed by atoms with Crippen LogP contribution in [-0.4, -0.2) is 30.4 Å². The Hall–Kier alpha value is -2.70. The predicted octanol–water partition coefficient (Wildman–Crippen LogP) is 2.79. The molecule has 2 aromatic rings. The van der Waals surface area contributed by atoms with Crippen LogP contribution in [0.4, 0.5) is 15.4 Å². The number of fused-ring (bicyclic) bond motifs is 1. The SMILES string of the molecule is CCOC(=O)NN(C(=O)OCC)c1cc2ccccc2[nH]1. The number of ether oxygens (including phenoxy) is 2. The number of benzene rings is 1. The number of carbonyl (C=O) groups excluding carboxylic acids is 2. The molecular weight excluding hydrogens is 274 g/mol. The van der Waals surface area contributed by atoms with Crippen LogP contribution in [0.5, 0.6) is 0 Å². The lowest BCUT2D eigenvalue weighted by atomic mass is 10.2. The van der Waals surface area contributed by atoms with Crippen LogP contribution in [-0.2, 0) is 9.47 Å². The van der Waals surface area contributed by atoms with Crippen LogP contribution >= 0.6 is 0 Å². The van der Waals surface area contributed by atoms with Gasteiger partial charge < -0.3 is 14.5 Å². The molecule has 0 bridgehead atoms. The van der Waals surface area contributed by atoms with Crippen LogP contribution in [0.15, 0.2) is 30.3 Å². The minimum atomic E-state index is -0.732. The molecule has 7 nitrogen and oxygen atoms in total. The number of aromatic amines is 1. The van der Waals surface area contributed by atoms with E-state index in [2.05, 4.69) is 10.4 Å². The number of carbonyl (C=O) groups is 2. The summed E-state index contributed by atoms with van der Waals surface area (Å²) in [4.78, 5) is 26.6. The van der Waals surface area contributed by atoms with E-state index in [0.717, 1.165) is 15.9 Å². The molecule has 0 saturated heterocycles. The van der Waals surface area contributed by atoms with E-state index in [4.69, 9.17) is 9.47 Å². The molecule has 2 amide bonds. The second kappa shape index (κ2) is 6.65. The van der Waals surface area contributed by atoms with Crippen molar-refractivity contribution >= 4 is 28.9 Å². The molecule has 2 rings (SSSR count). The number of para-hydroxylation sites is 1. The van der Waals surface area contributed by atoms with Gasteiger partial charge in [-0.2, -0.15) is 5.01 Å². The zero-order valence-corrected chi connectivity index (χ0v) is 11.9. The molecule has 1 heterocycles. The largest absolute Gasteiger partial charge is 0.449 e. The fourth-order valence-corrected chi connectivity index (χ4v) is 1.83. The molecule has 0 atom stereocenters. The number of hydrogen-bond donors (Lipinski definition) is 2. The summed E-state index contributed by atoms with van der Waals surface area (Å²) in [6.07, 6.45) is -1.43. The summed E-state index contributed by atoms with van der Waals surface area (Å²) in [6.45, 7) is 3.76. The van der Waals surface area contributed by atoms with Crippen molar-refractivity contribution < 1.29 is 19.1 Å². The first kappa shape index (κ1) is 14.7. The van der Waals surface area contributed by atoms with E-state index >= 15 is 0 Å². The lowest BCUT2D eigenvalue weighted by molar-refractivity contribution is 0.138. The monoisotopic (exact) mass is 291 g/mol. The number of nitrogens with one attached hydrogen (secondary N) is 2. The highest BCUT2D eigenvalue weighted by molar-refractivity contribution is 5.93. The average Bonchev–Trinajstić information content (AvgIpc) is 2.88. The highest BCUT2D eigenvalue weighted by atomic mass is 16.6. The highest BCUT2D eigenvalue weighted by Crippen LogP contribution is 2.21. The summed E-state index contributed by atoms with van der Waals surface area (Å²) < 4.78 is 9.71. The number of rotatable bonds is 3. The molecule has 0 aliphatic heterocycles.